The molecule has 0 spiro atoms. The van der Waals surface area contributed by atoms with Crippen LogP contribution in [-0.4, -0.2) is 41.1 Å². The largest absolute Gasteiger partial charge is 0.329 e. The van der Waals surface area contributed by atoms with Gasteiger partial charge in [0.2, 0.25) is 0 Å². The molecular formula is C17H32N2S. The highest BCUT2D eigenvalue weighted by Gasteiger charge is 2.53. The molecule has 2 saturated heterocycles. The Labute approximate surface area is 129 Å². The van der Waals surface area contributed by atoms with E-state index in [1.165, 1.54) is 63.0 Å². The molecule has 2 aliphatic heterocycles. The van der Waals surface area contributed by atoms with Crippen LogP contribution in [0.15, 0.2) is 0 Å². The first-order valence-electron chi connectivity index (χ1n) is 8.65. The Morgan fingerprint density at radius 1 is 1.15 bits per heavy atom. The average Bonchev–Trinajstić information content (AvgIpc) is 2.47. The Morgan fingerprint density at radius 3 is 2.65 bits per heavy atom. The second-order valence-corrected chi connectivity index (χ2v) is 8.97. The van der Waals surface area contributed by atoms with Gasteiger partial charge in [0.1, 0.15) is 0 Å². The summed E-state index contributed by atoms with van der Waals surface area (Å²) < 4.78 is 0. The van der Waals surface area contributed by atoms with Crippen LogP contribution in [0, 0.1) is 11.3 Å². The summed E-state index contributed by atoms with van der Waals surface area (Å²) in [4.78, 5) is 2.91. The number of piperidine rings is 1. The van der Waals surface area contributed by atoms with Gasteiger partial charge in [0.25, 0.3) is 0 Å². The van der Waals surface area contributed by atoms with Gasteiger partial charge in [-0.05, 0) is 55.7 Å². The SMILES string of the molecule is CC1(C)CCSCC1(CN)N1CCCC2CCCCC21. The maximum Gasteiger partial charge on any atom is 0.0475 e. The summed E-state index contributed by atoms with van der Waals surface area (Å²) in [7, 11) is 0. The molecule has 3 heteroatoms. The summed E-state index contributed by atoms with van der Waals surface area (Å²) in [6.07, 6.45) is 9.97. The first-order valence-corrected chi connectivity index (χ1v) is 9.81. The molecule has 0 radical (unpaired) electrons. The zero-order chi connectivity index (χ0) is 14.2. The third kappa shape index (κ3) is 2.34. The minimum atomic E-state index is 0.247. The predicted octanol–water partition coefficient (Wildman–Crippen LogP) is 3.50. The third-order valence-corrected chi connectivity index (χ3v) is 7.78. The summed E-state index contributed by atoms with van der Waals surface area (Å²) in [5.41, 5.74) is 7.03. The summed E-state index contributed by atoms with van der Waals surface area (Å²) in [5, 5.41) is 0. The number of thioether (sulfide) groups is 1. The standard InChI is InChI=1S/C17H32N2S/c1-16(2)9-11-20-13-17(16,12-18)19-10-5-7-14-6-3-4-8-15(14)19/h14-15H,3-13,18H2,1-2H3. The van der Waals surface area contributed by atoms with Crippen LogP contribution in [0.1, 0.15) is 58.8 Å². The molecule has 0 amide bonds. The Balaban J connectivity index is 1.90. The van der Waals surface area contributed by atoms with E-state index in [0.717, 1.165) is 18.5 Å². The normalized spacial score (nSPS) is 42.1. The van der Waals surface area contributed by atoms with Crippen LogP contribution in [0.3, 0.4) is 0 Å². The topological polar surface area (TPSA) is 29.3 Å². The monoisotopic (exact) mass is 296 g/mol. The molecule has 2 N–H and O–H groups in total. The number of hydrogen-bond acceptors (Lipinski definition) is 3. The summed E-state index contributed by atoms with van der Waals surface area (Å²) in [6.45, 7) is 7.09. The van der Waals surface area contributed by atoms with Crippen LogP contribution >= 0.6 is 11.8 Å². The summed E-state index contributed by atoms with van der Waals surface area (Å²) in [5.74, 6) is 3.53. The second-order valence-electron chi connectivity index (χ2n) is 7.87. The van der Waals surface area contributed by atoms with E-state index in [1.54, 1.807) is 0 Å². The molecular weight excluding hydrogens is 264 g/mol. The molecule has 3 aliphatic rings. The Hall–Kier alpha value is 0.270. The first kappa shape index (κ1) is 15.2. The minimum Gasteiger partial charge on any atom is -0.329 e. The van der Waals surface area contributed by atoms with E-state index in [2.05, 4.69) is 30.5 Å². The van der Waals surface area contributed by atoms with Crippen LogP contribution in [-0.2, 0) is 0 Å². The lowest BCUT2D eigenvalue weighted by Gasteiger charge is -2.61. The van der Waals surface area contributed by atoms with E-state index in [0.29, 0.717) is 5.41 Å². The van der Waals surface area contributed by atoms with Crippen molar-refractivity contribution in [2.24, 2.45) is 17.1 Å². The van der Waals surface area contributed by atoms with E-state index < -0.39 is 0 Å². The van der Waals surface area contributed by atoms with Crippen molar-refractivity contribution in [2.75, 3.05) is 24.6 Å². The molecule has 2 heterocycles. The highest BCUT2D eigenvalue weighted by molar-refractivity contribution is 7.99. The van der Waals surface area contributed by atoms with Gasteiger partial charge in [-0.3, -0.25) is 4.90 Å². The summed E-state index contributed by atoms with van der Waals surface area (Å²) >= 11 is 2.14. The van der Waals surface area contributed by atoms with Crippen molar-refractivity contribution in [1.29, 1.82) is 0 Å². The van der Waals surface area contributed by atoms with Gasteiger partial charge in [-0.25, -0.2) is 0 Å². The molecule has 3 rings (SSSR count). The Bertz CT molecular complexity index is 342. The quantitative estimate of drug-likeness (QED) is 0.845. The second kappa shape index (κ2) is 5.81. The summed E-state index contributed by atoms with van der Waals surface area (Å²) in [6, 6.07) is 0.832. The van der Waals surface area contributed by atoms with E-state index in [9.17, 15) is 0 Å². The molecule has 0 aromatic rings. The Kier molecular flexibility index (Phi) is 4.41. The number of fused-ring (bicyclic) bond motifs is 1. The van der Waals surface area contributed by atoms with Gasteiger partial charge in [-0.1, -0.05) is 26.7 Å². The minimum absolute atomic E-state index is 0.247. The van der Waals surface area contributed by atoms with Gasteiger partial charge in [0.15, 0.2) is 0 Å². The fourth-order valence-electron chi connectivity index (χ4n) is 5.08. The van der Waals surface area contributed by atoms with Crippen LogP contribution in [0.4, 0.5) is 0 Å². The molecule has 116 valence electrons. The zero-order valence-corrected chi connectivity index (χ0v) is 14.2. The number of likely N-dealkylation sites (tertiary alicyclic amines) is 1. The maximum absolute atomic E-state index is 6.41. The molecule has 2 nitrogen and oxygen atoms in total. The molecule has 1 saturated carbocycles. The zero-order valence-electron chi connectivity index (χ0n) is 13.4. The van der Waals surface area contributed by atoms with E-state index in [-0.39, 0.29) is 5.54 Å². The van der Waals surface area contributed by atoms with Crippen LogP contribution in [0.2, 0.25) is 0 Å². The third-order valence-electron chi connectivity index (χ3n) is 6.60. The molecule has 3 atom stereocenters. The van der Waals surface area contributed by atoms with Gasteiger partial charge in [0.05, 0.1) is 0 Å². The van der Waals surface area contributed by atoms with Gasteiger partial charge in [-0.15, -0.1) is 0 Å². The van der Waals surface area contributed by atoms with Crippen molar-refractivity contribution < 1.29 is 0 Å². The first-order chi connectivity index (χ1) is 9.61. The fraction of sp³-hybridized carbons (Fsp3) is 1.00. The average molecular weight is 297 g/mol. The molecule has 0 aromatic carbocycles. The van der Waals surface area contributed by atoms with E-state index in [4.69, 9.17) is 5.73 Å². The number of hydrogen-bond donors (Lipinski definition) is 1. The van der Waals surface area contributed by atoms with Crippen molar-refractivity contribution in [3.8, 4) is 0 Å². The number of nitrogens with two attached hydrogens (primary N) is 1. The lowest BCUT2D eigenvalue weighted by atomic mass is 9.66. The van der Waals surface area contributed by atoms with Crippen LogP contribution < -0.4 is 5.73 Å². The van der Waals surface area contributed by atoms with Crippen molar-refractivity contribution in [2.45, 2.75) is 70.4 Å². The van der Waals surface area contributed by atoms with Crippen molar-refractivity contribution >= 4 is 11.8 Å². The smallest absolute Gasteiger partial charge is 0.0475 e. The molecule has 3 unspecified atom stereocenters. The predicted molar refractivity (Wildman–Crippen MR) is 89.2 cm³/mol. The van der Waals surface area contributed by atoms with Crippen LogP contribution in [0.5, 0.6) is 0 Å². The van der Waals surface area contributed by atoms with Crippen LogP contribution in [0.25, 0.3) is 0 Å². The van der Waals surface area contributed by atoms with Gasteiger partial charge in [-0.2, -0.15) is 11.8 Å². The highest BCUT2D eigenvalue weighted by Crippen LogP contribution is 2.49. The number of nitrogens with zero attached hydrogens (tertiary/aromatic N) is 1. The fourth-order valence-corrected chi connectivity index (χ4v) is 6.89. The molecule has 1 aliphatic carbocycles. The molecule has 0 aromatic heterocycles. The van der Waals surface area contributed by atoms with Crippen molar-refractivity contribution in [3.05, 3.63) is 0 Å². The van der Waals surface area contributed by atoms with Gasteiger partial charge < -0.3 is 5.73 Å². The lowest BCUT2D eigenvalue weighted by molar-refractivity contribution is -0.0737. The van der Waals surface area contributed by atoms with Crippen molar-refractivity contribution in [1.82, 2.24) is 4.90 Å². The highest BCUT2D eigenvalue weighted by atomic mass is 32.2. The van der Waals surface area contributed by atoms with E-state index in [1.807, 2.05) is 0 Å². The molecule has 3 fully saturated rings. The maximum atomic E-state index is 6.41. The molecule has 20 heavy (non-hydrogen) atoms. The Morgan fingerprint density at radius 2 is 1.90 bits per heavy atom. The lowest BCUT2D eigenvalue weighted by Crippen LogP contribution is -2.70. The van der Waals surface area contributed by atoms with E-state index >= 15 is 0 Å². The number of rotatable bonds is 2. The molecule has 0 bridgehead atoms. The van der Waals surface area contributed by atoms with Gasteiger partial charge >= 0.3 is 0 Å². The van der Waals surface area contributed by atoms with Gasteiger partial charge in [0, 0.05) is 23.9 Å². The van der Waals surface area contributed by atoms with Crippen molar-refractivity contribution in [3.63, 3.8) is 0 Å².